The molecule has 1 aromatic heterocycles. The molecular weight excluding hydrogens is 350 g/mol. The lowest BCUT2D eigenvalue weighted by Crippen LogP contribution is -2.07. The second-order valence-corrected chi connectivity index (χ2v) is 6.11. The van der Waals surface area contributed by atoms with Crippen LogP contribution in [0.15, 0.2) is 34.1 Å². The molecule has 0 aliphatic carbocycles. The third-order valence-electron chi connectivity index (χ3n) is 2.46. The number of hydrogen-bond donors (Lipinski definition) is 1. The lowest BCUT2D eigenvalue weighted by atomic mass is 10.2. The Balaban J connectivity index is 2.17. The van der Waals surface area contributed by atoms with Gasteiger partial charge in [0, 0.05) is 32.0 Å². The van der Waals surface area contributed by atoms with Crippen LogP contribution in [0, 0.1) is 0 Å². The van der Waals surface area contributed by atoms with Crippen LogP contribution < -0.4 is 5.32 Å². The molecule has 3 nitrogen and oxygen atoms in total. The van der Waals surface area contributed by atoms with Gasteiger partial charge in [-0.05, 0) is 40.2 Å². The van der Waals surface area contributed by atoms with Crippen LogP contribution in [0.3, 0.4) is 0 Å². The zero-order chi connectivity index (χ0) is 13.8. The van der Waals surface area contributed by atoms with Gasteiger partial charge in [0.2, 0.25) is 0 Å². The molecule has 6 heteroatoms. The SMILES string of the molecule is COC(=O)c1cc(Cl)ccc1NCc1cc(Br)cs1. The van der Waals surface area contributed by atoms with Crippen molar-refractivity contribution < 1.29 is 9.53 Å². The highest BCUT2D eigenvalue weighted by molar-refractivity contribution is 9.10. The summed E-state index contributed by atoms with van der Waals surface area (Å²) in [5, 5.41) is 5.73. The molecule has 0 spiro atoms. The summed E-state index contributed by atoms with van der Waals surface area (Å²) in [5.74, 6) is -0.405. The van der Waals surface area contributed by atoms with Crippen molar-refractivity contribution in [1.82, 2.24) is 0 Å². The van der Waals surface area contributed by atoms with Gasteiger partial charge in [-0.3, -0.25) is 0 Å². The number of hydrogen-bond acceptors (Lipinski definition) is 4. The second kappa shape index (κ2) is 6.41. The Kier molecular flexibility index (Phi) is 4.85. The molecule has 0 amide bonds. The molecule has 0 bridgehead atoms. The third kappa shape index (κ3) is 3.72. The summed E-state index contributed by atoms with van der Waals surface area (Å²) in [6.07, 6.45) is 0. The molecule has 19 heavy (non-hydrogen) atoms. The number of halogens is 2. The highest BCUT2D eigenvalue weighted by Crippen LogP contribution is 2.24. The monoisotopic (exact) mass is 359 g/mol. The molecular formula is C13H11BrClNO2S. The van der Waals surface area contributed by atoms with Crippen molar-refractivity contribution in [3.63, 3.8) is 0 Å². The summed E-state index contributed by atoms with van der Waals surface area (Å²) in [6, 6.07) is 7.14. The van der Waals surface area contributed by atoms with Gasteiger partial charge in [-0.25, -0.2) is 4.79 Å². The van der Waals surface area contributed by atoms with Crippen LogP contribution in [0.1, 0.15) is 15.2 Å². The molecule has 0 aliphatic rings. The quantitative estimate of drug-likeness (QED) is 0.812. The third-order valence-corrected chi connectivity index (χ3v) is 4.39. The maximum atomic E-state index is 11.7. The number of benzene rings is 1. The fraction of sp³-hybridized carbons (Fsp3) is 0.154. The number of rotatable bonds is 4. The summed E-state index contributed by atoms with van der Waals surface area (Å²) in [5.41, 5.74) is 1.14. The molecule has 2 aromatic rings. The number of nitrogens with one attached hydrogen (secondary N) is 1. The number of ether oxygens (including phenoxy) is 1. The Morgan fingerprint density at radius 3 is 2.89 bits per heavy atom. The van der Waals surface area contributed by atoms with Crippen LogP contribution in [-0.4, -0.2) is 13.1 Å². The van der Waals surface area contributed by atoms with Gasteiger partial charge in [-0.15, -0.1) is 11.3 Å². The minimum atomic E-state index is -0.405. The maximum absolute atomic E-state index is 11.7. The Labute approximate surface area is 128 Å². The summed E-state index contributed by atoms with van der Waals surface area (Å²) in [6.45, 7) is 0.641. The molecule has 0 saturated heterocycles. The van der Waals surface area contributed by atoms with E-state index in [1.54, 1.807) is 29.5 Å². The molecule has 0 radical (unpaired) electrons. The molecule has 1 N–H and O–H groups in total. The van der Waals surface area contributed by atoms with Crippen molar-refractivity contribution in [1.29, 1.82) is 0 Å². The molecule has 0 unspecified atom stereocenters. The number of anilines is 1. The number of carbonyl (C=O) groups excluding carboxylic acids is 1. The van der Waals surface area contributed by atoms with E-state index in [-0.39, 0.29) is 0 Å². The van der Waals surface area contributed by atoms with E-state index in [0.717, 1.165) is 9.35 Å². The standard InChI is InChI=1S/C13H11BrClNO2S/c1-18-13(17)11-5-9(15)2-3-12(11)16-6-10-4-8(14)7-19-10/h2-5,7,16H,6H2,1H3. The predicted octanol–water partition coefficient (Wildman–Crippen LogP) is 4.56. The zero-order valence-electron chi connectivity index (χ0n) is 10.1. The first-order valence-electron chi connectivity index (χ1n) is 5.45. The van der Waals surface area contributed by atoms with E-state index in [1.807, 2.05) is 11.4 Å². The minimum absolute atomic E-state index is 0.405. The maximum Gasteiger partial charge on any atom is 0.340 e. The molecule has 0 atom stereocenters. The van der Waals surface area contributed by atoms with Gasteiger partial charge in [0.05, 0.1) is 12.7 Å². The Bertz CT molecular complexity index is 600. The fourth-order valence-electron chi connectivity index (χ4n) is 1.58. The van der Waals surface area contributed by atoms with Crippen molar-refractivity contribution in [3.05, 3.63) is 49.6 Å². The smallest absolute Gasteiger partial charge is 0.340 e. The van der Waals surface area contributed by atoms with Crippen LogP contribution in [-0.2, 0) is 11.3 Å². The molecule has 1 aromatic carbocycles. The minimum Gasteiger partial charge on any atom is -0.465 e. The lowest BCUT2D eigenvalue weighted by Gasteiger charge is -2.10. The van der Waals surface area contributed by atoms with E-state index >= 15 is 0 Å². The summed E-state index contributed by atoms with van der Waals surface area (Å²) in [7, 11) is 1.35. The Morgan fingerprint density at radius 1 is 1.47 bits per heavy atom. The van der Waals surface area contributed by atoms with E-state index in [9.17, 15) is 4.79 Å². The summed E-state index contributed by atoms with van der Waals surface area (Å²) < 4.78 is 5.80. The highest BCUT2D eigenvalue weighted by atomic mass is 79.9. The van der Waals surface area contributed by atoms with Crippen LogP contribution in [0.25, 0.3) is 0 Å². The van der Waals surface area contributed by atoms with Gasteiger partial charge < -0.3 is 10.1 Å². The molecule has 2 rings (SSSR count). The summed E-state index contributed by atoms with van der Waals surface area (Å²) in [4.78, 5) is 12.8. The van der Waals surface area contributed by atoms with Crippen molar-refractivity contribution in [3.8, 4) is 0 Å². The van der Waals surface area contributed by atoms with Gasteiger partial charge in [-0.2, -0.15) is 0 Å². The van der Waals surface area contributed by atoms with Crippen molar-refractivity contribution in [2.24, 2.45) is 0 Å². The largest absolute Gasteiger partial charge is 0.465 e. The molecule has 0 saturated carbocycles. The van der Waals surface area contributed by atoms with E-state index in [4.69, 9.17) is 16.3 Å². The topological polar surface area (TPSA) is 38.3 Å². The van der Waals surface area contributed by atoms with Gasteiger partial charge in [0.15, 0.2) is 0 Å². The van der Waals surface area contributed by atoms with Crippen molar-refractivity contribution in [2.75, 3.05) is 12.4 Å². The Hall–Kier alpha value is -1.04. The molecule has 1 heterocycles. The van der Waals surface area contributed by atoms with Crippen molar-refractivity contribution >= 4 is 50.5 Å². The van der Waals surface area contributed by atoms with E-state index in [2.05, 4.69) is 21.2 Å². The first kappa shape index (κ1) is 14.4. The fourth-order valence-corrected chi connectivity index (χ4v) is 3.14. The van der Waals surface area contributed by atoms with E-state index in [1.165, 1.54) is 7.11 Å². The number of esters is 1. The van der Waals surface area contributed by atoms with Gasteiger partial charge in [0.1, 0.15) is 0 Å². The Morgan fingerprint density at radius 2 is 2.26 bits per heavy atom. The average molecular weight is 361 g/mol. The number of thiophene rings is 1. The first-order valence-corrected chi connectivity index (χ1v) is 7.50. The lowest BCUT2D eigenvalue weighted by molar-refractivity contribution is 0.0602. The van der Waals surface area contributed by atoms with E-state index in [0.29, 0.717) is 22.8 Å². The van der Waals surface area contributed by atoms with Crippen LogP contribution in [0.2, 0.25) is 5.02 Å². The average Bonchev–Trinajstić information content (AvgIpc) is 2.82. The number of carbonyl (C=O) groups is 1. The normalized spacial score (nSPS) is 10.3. The zero-order valence-corrected chi connectivity index (χ0v) is 13.2. The predicted molar refractivity (Wildman–Crippen MR) is 82.1 cm³/mol. The first-order chi connectivity index (χ1) is 9.10. The van der Waals surface area contributed by atoms with Crippen LogP contribution in [0.5, 0.6) is 0 Å². The van der Waals surface area contributed by atoms with Gasteiger partial charge in [-0.1, -0.05) is 11.6 Å². The van der Waals surface area contributed by atoms with Gasteiger partial charge in [0.25, 0.3) is 0 Å². The molecule has 0 aliphatic heterocycles. The number of methoxy groups -OCH3 is 1. The van der Waals surface area contributed by atoms with E-state index < -0.39 is 5.97 Å². The van der Waals surface area contributed by atoms with Crippen LogP contribution in [0.4, 0.5) is 5.69 Å². The second-order valence-electron chi connectivity index (χ2n) is 3.77. The van der Waals surface area contributed by atoms with Crippen LogP contribution >= 0.6 is 38.9 Å². The van der Waals surface area contributed by atoms with Crippen molar-refractivity contribution in [2.45, 2.75) is 6.54 Å². The molecule has 0 fully saturated rings. The summed E-state index contributed by atoms with van der Waals surface area (Å²) >= 11 is 10.9. The highest BCUT2D eigenvalue weighted by Gasteiger charge is 2.12. The van der Waals surface area contributed by atoms with Gasteiger partial charge >= 0.3 is 5.97 Å². The molecule has 100 valence electrons.